The predicted octanol–water partition coefficient (Wildman–Crippen LogP) is 4.39. The molecule has 124 valence electrons. The van der Waals surface area contributed by atoms with Gasteiger partial charge >= 0.3 is 0 Å². The van der Waals surface area contributed by atoms with Crippen molar-refractivity contribution < 1.29 is 10.2 Å². The van der Waals surface area contributed by atoms with Crippen LogP contribution in [0.3, 0.4) is 0 Å². The molecule has 0 aromatic rings. The first-order valence-corrected chi connectivity index (χ1v) is 8.57. The Hall–Kier alpha value is -0.860. The van der Waals surface area contributed by atoms with Gasteiger partial charge in [0.15, 0.2) is 0 Å². The summed E-state index contributed by atoms with van der Waals surface area (Å²) in [6.07, 6.45) is 7.95. The number of hydrogen-bond acceptors (Lipinski definition) is 2. The minimum absolute atomic E-state index is 0.170. The van der Waals surface area contributed by atoms with Crippen molar-refractivity contribution in [2.75, 3.05) is 0 Å². The van der Waals surface area contributed by atoms with Crippen molar-refractivity contribution in [3.05, 3.63) is 35.5 Å². The van der Waals surface area contributed by atoms with Crippen LogP contribution in [0.15, 0.2) is 35.5 Å². The maximum Gasteiger partial charge on any atom is 0.0728 e. The van der Waals surface area contributed by atoms with Gasteiger partial charge in [-0.25, -0.2) is 0 Å². The van der Waals surface area contributed by atoms with Crippen molar-refractivity contribution in [1.29, 1.82) is 0 Å². The van der Waals surface area contributed by atoms with E-state index < -0.39 is 0 Å². The lowest BCUT2D eigenvalue weighted by molar-refractivity contribution is -0.0391. The van der Waals surface area contributed by atoms with Gasteiger partial charge in [0.05, 0.1) is 12.2 Å². The van der Waals surface area contributed by atoms with E-state index in [1.807, 2.05) is 26.0 Å². The fourth-order valence-electron chi connectivity index (χ4n) is 4.44. The number of fused-ring (bicyclic) bond motifs is 1. The summed E-state index contributed by atoms with van der Waals surface area (Å²) in [7, 11) is 0. The number of aliphatic hydroxyl groups excluding tert-OH is 2. The maximum atomic E-state index is 10.3. The molecule has 22 heavy (non-hydrogen) atoms. The molecule has 2 aliphatic carbocycles. The molecule has 0 spiro atoms. The Morgan fingerprint density at radius 2 is 2.18 bits per heavy atom. The summed E-state index contributed by atoms with van der Waals surface area (Å²) >= 11 is 0. The lowest BCUT2D eigenvalue weighted by Gasteiger charge is -2.55. The van der Waals surface area contributed by atoms with Crippen LogP contribution in [0.25, 0.3) is 0 Å². The standard InChI is InChI=1S/C20H32O2/c1-13(2)8-17(22)11-20(5)12-18-15(4)6-7-16(21)9-14(3)10-19(18)20/h8-9,16-19,21-22H,4,6-7,10-12H2,1-3,5H3/b14-9+/t16-,17?,18+,19+,20+/m0/s1. The van der Waals surface area contributed by atoms with E-state index in [0.717, 1.165) is 32.1 Å². The normalized spacial score (nSPS) is 39.3. The molecule has 2 N–H and O–H groups in total. The minimum atomic E-state index is -0.355. The number of rotatable bonds is 3. The van der Waals surface area contributed by atoms with Gasteiger partial charge in [0, 0.05) is 0 Å². The molecule has 2 nitrogen and oxygen atoms in total. The van der Waals surface area contributed by atoms with Crippen LogP contribution >= 0.6 is 0 Å². The minimum Gasteiger partial charge on any atom is -0.389 e. The zero-order valence-corrected chi connectivity index (χ0v) is 14.6. The Morgan fingerprint density at radius 3 is 2.82 bits per heavy atom. The molecule has 0 bridgehead atoms. The predicted molar refractivity (Wildman–Crippen MR) is 92.5 cm³/mol. The highest BCUT2D eigenvalue weighted by atomic mass is 16.3. The van der Waals surface area contributed by atoms with Crippen molar-refractivity contribution in [2.45, 2.75) is 72.0 Å². The third-order valence-electron chi connectivity index (χ3n) is 5.57. The van der Waals surface area contributed by atoms with E-state index in [2.05, 4.69) is 20.4 Å². The van der Waals surface area contributed by atoms with Crippen LogP contribution in [-0.4, -0.2) is 22.4 Å². The highest BCUT2D eigenvalue weighted by molar-refractivity contribution is 5.20. The van der Waals surface area contributed by atoms with Crippen LogP contribution in [0, 0.1) is 17.3 Å². The average molecular weight is 304 g/mol. The Balaban J connectivity index is 2.15. The molecule has 0 amide bonds. The van der Waals surface area contributed by atoms with Gasteiger partial charge in [-0.1, -0.05) is 42.4 Å². The van der Waals surface area contributed by atoms with E-state index in [4.69, 9.17) is 0 Å². The van der Waals surface area contributed by atoms with E-state index in [-0.39, 0.29) is 17.6 Å². The first-order chi connectivity index (χ1) is 10.2. The zero-order chi connectivity index (χ0) is 16.5. The summed E-state index contributed by atoms with van der Waals surface area (Å²) in [5, 5.41) is 20.3. The van der Waals surface area contributed by atoms with Crippen molar-refractivity contribution in [3.63, 3.8) is 0 Å². The van der Waals surface area contributed by atoms with Crippen LogP contribution in [0.4, 0.5) is 0 Å². The van der Waals surface area contributed by atoms with Gasteiger partial charge in [-0.3, -0.25) is 0 Å². The first-order valence-electron chi connectivity index (χ1n) is 8.57. The fourth-order valence-corrected chi connectivity index (χ4v) is 4.44. The third kappa shape index (κ3) is 3.91. The van der Waals surface area contributed by atoms with E-state index in [1.54, 1.807) is 0 Å². The molecular formula is C20H32O2. The van der Waals surface area contributed by atoms with E-state index in [1.165, 1.54) is 16.7 Å². The summed E-state index contributed by atoms with van der Waals surface area (Å²) in [4.78, 5) is 0. The molecule has 2 rings (SSSR count). The van der Waals surface area contributed by atoms with E-state index in [0.29, 0.717) is 11.8 Å². The van der Waals surface area contributed by atoms with Crippen molar-refractivity contribution in [1.82, 2.24) is 0 Å². The van der Waals surface area contributed by atoms with Crippen LogP contribution in [0.2, 0.25) is 0 Å². The molecule has 0 aliphatic heterocycles. The lowest BCUT2D eigenvalue weighted by Crippen LogP contribution is -2.48. The first kappa shape index (κ1) is 17.5. The van der Waals surface area contributed by atoms with E-state index in [9.17, 15) is 10.2 Å². The van der Waals surface area contributed by atoms with Gasteiger partial charge in [-0.15, -0.1) is 0 Å². The number of hydrogen-bond donors (Lipinski definition) is 2. The van der Waals surface area contributed by atoms with Gasteiger partial charge in [0.2, 0.25) is 0 Å². The summed E-state index contributed by atoms with van der Waals surface area (Å²) < 4.78 is 0. The smallest absolute Gasteiger partial charge is 0.0728 e. The van der Waals surface area contributed by atoms with Gasteiger partial charge < -0.3 is 10.2 Å². The molecular weight excluding hydrogens is 272 g/mol. The summed E-state index contributed by atoms with van der Waals surface area (Å²) in [6.45, 7) is 12.8. The Kier molecular flexibility index (Phi) is 5.34. The second-order valence-electron chi connectivity index (χ2n) is 8.07. The topological polar surface area (TPSA) is 40.5 Å². The molecule has 1 unspecified atom stereocenters. The molecule has 0 saturated heterocycles. The summed E-state index contributed by atoms with van der Waals surface area (Å²) in [5.74, 6) is 1.10. The van der Waals surface area contributed by atoms with Crippen molar-refractivity contribution in [3.8, 4) is 0 Å². The highest BCUT2D eigenvalue weighted by Crippen LogP contribution is 2.59. The van der Waals surface area contributed by atoms with E-state index >= 15 is 0 Å². The summed E-state index contributed by atoms with van der Waals surface area (Å²) in [5.41, 5.74) is 3.91. The molecule has 1 fully saturated rings. The Bertz CT molecular complexity index is 484. The molecule has 5 atom stereocenters. The largest absolute Gasteiger partial charge is 0.389 e. The van der Waals surface area contributed by atoms with Crippen molar-refractivity contribution >= 4 is 0 Å². The van der Waals surface area contributed by atoms with Crippen LogP contribution in [0.5, 0.6) is 0 Å². The average Bonchev–Trinajstić information content (AvgIpc) is 2.42. The molecule has 2 heteroatoms. The molecule has 0 aromatic carbocycles. The van der Waals surface area contributed by atoms with Gasteiger partial charge in [-0.05, 0) is 70.1 Å². The van der Waals surface area contributed by atoms with Gasteiger partial charge in [0.25, 0.3) is 0 Å². The monoisotopic (exact) mass is 304 g/mol. The lowest BCUT2D eigenvalue weighted by atomic mass is 9.49. The molecule has 0 radical (unpaired) electrons. The third-order valence-corrected chi connectivity index (χ3v) is 5.57. The van der Waals surface area contributed by atoms with Crippen LogP contribution in [-0.2, 0) is 0 Å². The highest BCUT2D eigenvalue weighted by Gasteiger charge is 2.51. The van der Waals surface area contributed by atoms with Crippen LogP contribution in [0.1, 0.15) is 59.8 Å². The SMILES string of the molecule is C=C1CC[C@H](O)/C=C(\C)C[C@@H]2[C@@H]1C[C@@]2(C)CC(O)C=C(C)C. The second kappa shape index (κ2) is 6.72. The number of aliphatic hydroxyl groups is 2. The van der Waals surface area contributed by atoms with Gasteiger partial charge in [0.1, 0.15) is 0 Å². The fraction of sp³-hybridized carbons (Fsp3) is 0.700. The molecule has 0 aromatic heterocycles. The quantitative estimate of drug-likeness (QED) is 0.759. The van der Waals surface area contributed by atoms with Crippen molar-refractivity contribution in [2.24, 2.45) is 17.3 Å². The second-order valence-corrected chi connectivity index (χ2v) is 8.07. The Labute approximate surface area is 135 Å². The summed E-state index contributed by atoms with van der Waals surface area (Å²) in [6, 6.07) is 0. The number of allylic oxidation sites excluding steroid dienone is 3. The van der Waals surface area contributed by atoms with Gasteiger partial charge in [-0.2, -0.15) is 0 Å². The molecule has 1 saturated carbocycles. The maximum absolute atomic E-state index is 10.3. The molecule has 2 aliphatic rings. The Morgan fingerprint density at radius 1 is 1.50 bits per heavy atom. The molecule has 0 heterocycles. The zero-order valence-electron chi connectivity index (χ0n) is 14.6. The van der Waals surface area contributed by atoms with Crippen LogP contribution < -0.4 is 0 Å².